The molecule has 0 radical (unpaired) electrons. The Hall–Kier alpha value is -2.37. The number of benzene rings is 1. The molecule has 2 rings (SSSR count). The number of hydrogen-bond donors (Lipinski definition) is 2. The van der Waals surface area contributed by atoms with Gasteiger partial charge in [0, 0.05) is 0 Å². The van der Waals surface area contributed by atoms with Gasteiger partial charge in [-0.15, -0.1) is 0 Å². The lowest BCUT2D eigenvalue weighted by Gasteiger charge is -2.04. The number of aromatic nitrogens is 2. The Kier molecular flexibility index (Phi) is 2.81. The summed E-state index contributed by atoms with van der Waals surface area (Å²) in [6.07, 6.45) is 2.00. The molecular weight excluding hydrogens is 208 g/mol. The molecule has 0 bridgehead atoms. The molecule has 0 aliphatic heterocycles. The average molecular weight is 218 g/mol. The molecule has 2 amide bonds. The Morgan fingerprint density at radius 2 is 2.25 bits per heavy atom. The molecule has 0 unspecified atom stereocenters. The van der Waals surface area contributed by atoms with E-state index in [2.05, 4.69) is 15.8 Å². The molecule has 6 heteroatoms. The minimum Gasteiger partial charge on any atom is -0.321 e. The van der Waals surface area contributed by atoms with Gasteiger partial charge < -0.3 is 4.57 Å². The average Bonchev–Trinajstić information content (AvgIpc) is 2.70. The molecule has 82 valence electrons. The van der Waals surface area contributed by atoms with Gasteiger partial charge in [0.15, 0.2) is 0 Å². The fourth-order valence-electron chi connectivity index (χ4n) is 1.44. The first-order valence-electron chi connectivity index (χ1n) is 4.69. The van der Waals surface area contributed by atoms with Crippen LogP contribution >= 0.6 is 0 Å². The molecule has 1 aromatic heterocycles. The number of rotatable bonds is 4. The first kappa shape index (κ1) is 10.2. The highest BCUT2D eigenvalue weighted by molar-refractivity contribution is 5.80. The summed E-state index contributed by atoms with van der Waals surface area (Å²) in [5.41, 5.74) is 6.03. The number of para-hydroxylation sites is 2. The lowest BCUT2D eigenvalue weighted by molar-refractivity contribution is -0.125. The molecule has 1 heterocycles. The topological polar surface area (TPSA) is 76.0 Å². The van der Waals surface area contributed by atoms with E-state index in [-0.39, 0.29) is 12.5 Å². The van der Waals surface area contributed by atoms with Gasteiger partial charge in [-0.1, -0.05) is 12.1 Å². The first-order valence-corrected chi connectivity index (χ1v) is 4.69. The van der Waals surface area contributed by atoms with Crippen LogP contribution in [0.2, 0.25) is 0 Å². The molecule has 0 fully saturated rings. The van der Waals surface area contributed by atoms with E-state index < -0.39 is 0 Å². The van der Waals surface area contributed by atoms with Crippen molar-refractivity contribution in [2.75, 3.05) is 0 Å². The molecule has 0 aliphatic carbocycles. The molecule has 6 nitrogen and oxygen atoms in total. The third-order valence-electron chi connectivity index (χ3n) is 2.11. The Bertz CT molecular complexity index is 520. The number of fused-ring (bicyclic) bond motifs is 1. The number of hydrogen-bond acceptors (Lipinski definition) is 3. The standard InChI is InChI=1S/C10H10N4O2/c15-7-12-13-10(16)5-14-6-11-8-3-1-2-4-9(8)14/h1-4,6-7H,5H2,(H,12,15)(H,13,16). The number of nitrogens with one attached hydrogen (secondary N) is 2. The minimum atomic E-state index is -0.310. The van der Waals surface area contributed by atoms with Crippen molar-refractivity contribution in [2.45, 2.75) is 6.54 Å². The monoisotopic (exact) mass is 218 g/mol. The lowest BCUT2D eigenvalue weighted by Crippen LogP contribution is -2.38. The Morgan fingerprint density at radius 3 is 3.06 bits per heavy atom. The zero-order valence-corrected chi connectivity index (χ0v) is 8.38. The van der Waals surface area contributed by atoms with Crippen LogP contribution in [0.4, 0.5) is 0 Å². The van der Waals surface area contributed by atoms with E-state index in [4.69, 9.17) is 0 Å². The van der Waals surface area contributed by atoms with E-state index in [0.29, 0.717) is 6.41 Å². The fraction of sp³-hybridized carbons (Fsp3) is 0.100. The maximum atomic E-state index is 11.3. The molecule has 0 spiro atoms. The van der Waals surface area contributed by atoms with Gasteiger partial charge in [-0.05, 0) is 12.1 Å². The molecule has 0 aliphatic rings. The van der Waals surface area contributed by atoms with Crippen LogP contribution in [-0.4, -0.2) is 21.9 Å². The highest BCUT2D eigenvalue weighted by atomic mass is 16.2. The van der Waals surface area contributed by atoms with Gasteiger partial charge in [0.2, 0.25) is 6.41 Å². The zero-order chi connectivity index (χ0) is 11.4. The summed E-state index contributed by atoms with van der Waals surface area (Å²) in [4.78, 5) is 25.5. The van der Waals surface area contributed by atoms with E-state index in [1.165, 1.54) is 0 Å². The van der Waals surface area contributed by atoms with Crippen LogP contribution in [0.5, 0.6) is 0 Å². The van der Waals surface area contributed by atoms with Gasteiger partial charge in [-0.3, -0.25) is 20.4 Å². The fourth-order valence-corrected chi connectivity index (χ4v) is 1.44. The van der Waals surface area contributed by atoms with Gasteiger partial charge in [-0.2, -0.15) is 0 Å². The predicted octanol–water partition coefficient (Wildman–Crippen LogP) is -0.187. The summed E-state index contributed by atoms with van der Waals surface area (Å²) in [6, 6.07) is 7.51. The van der Waals surface area contributed by atoms with Crippen molar-refractivity contribution in [3.05, 3.63) is 30.6 Å². The largest absolute Gasteiger partial charge is 0.321 e. The van der Waals surface area contributed by atoms with Crippen molar-refractivity contribution < 1.29 is 9.59 Å². The summed E-state index contributed by atoms with van der Waals surface area (Å²) in [5.74, 6) is -0.310. The molecule has 1 aromatic carbocycles. The number of imidazole rings is 1. The van der Waals surface area contributed by atoms with Crippen LogP contribution < -0.4 is 10.9 Å². The smallest absolute Gasteiger partial charge is 0.258 e. The molecule has 2 aromatic rings. The normalized spacial score (nSPS) is 10.0. The van der Waals surface area contributed by atoms with Crippen molar-refractivity contribution >= 4 is 23.4 Å². The molecule has 0 saturated heterocycles. The van der Waals surface area contributed by atoms with E-state index in [1.54, 1.807) is 10.9 Å². The Balaban J connectivity index is 2.15. The number of carbonyl (C=O) groups is 2. The SMILES string of the molecule is O=CNNC(=O)Cn1cnc2ccccc21. The van der Waals surface area contributed by atoms with Crippen LogP contribution in [0.15, 0.2) is 30.6 Å². The number of carbonyl (C=O) groups excluding carboxylic acids is 2. The second-order valence-electron chi connectivity index (χ2n) is 3.17. The Morgan fingerprint density at radius 1 is 1.44 bits per heavy atom. The van der Waals surface area contributed by atoms with Crippen LogP contribution in [0, 0.1) is 0 Å². The first-order chi connectivity index (χ1) is 7.81. The van der Waals surface area contributed by atoms with Crippen molar-refractivity contribution in [3.8, 4) is 0 Å². The molecule has 0 saturated carbocycles. The van der Waals surface area contributed by atoms with Crippen LogP contribution in [0.25, 0.3) is 11.0 Å². The van der Waals surface area contributed by atoms with E-state index in [0.717, 1.165) is 11.0 Å². The van der Waals surface area contributed by atoms with Crippen molar-refractivity contribution in [3.63, 3.8) is 0 Å². The van der Waals surface area contributed by atoms with E-state index in [9.17, 15) is 9.59 Å². The van der Waals surface area contributed by atoms with Crippen LogP contribution in [0.1, 0.15) is 0 Å². The predicted molar refractivity (Wildman–Crippen MR) is 57.1 cm³/mol. The highest BCUT2D eigenvalue weighted by Crippen LogP contribution is 2.10. The summed E-state index contributed by atoms with van der Waals surface area (Å²) in [5, 5.41) is 0. The molecular formula is C10H10N4O2. The maximum absolute atomic E-state index is 11.3. The van der Waals surface area contributed by atoms with E-state index >= 15 is 0 Å². The summed E-state index contributed by atoms with van der Waals surface area (Å²) < 4.78 is 1.71. The van der Waals surface area contributed by atoms with Crippen molar-refractivity contribution in [1.29, 1.82) is 0 Å². The summed E-state index contributed by atoms with van der Waals surface area (Å²) in [7, 11) is 0. The second kappa shape index (κ2) is 4.43. The van der Waals surface area contributed by atoms with Crippen LogP contribution in [0.3, 0.4) is 0 Å². The molecule has 16 heavy (non-hydrogen) atoms. The number of hydrazine groups is 1. The van der Waals surface area contributed by atoms with Gasteiger partial charge in [0.05, 0.1) is 17.4 Å². The second-order valence-corrected chi connectivity index (χ2v) is 3.17. The summed E-state index contributed by atoms with van der Waals surface area (Å²) in [6.45, 7) is 0.112. The third kappa shape index (κ3) is 2.00. The molecule has 2 N–H and O–H groups in total. The zero-order valence-electron chi connectivity index (χ0n) is 8.38. The van der Waals surface area contributed by atoms with Gasteiger partial charge in [0.25, 0.3) is 5.91 Å². The summed E-state index contributed by atoms with van der Waals surface area (Å²) >= 11 is 0. The number of amides is 2. The quantitative estimate of drug-likeness (QED) is 0.552. The van der Waals surface area contributed by atoms with E-state index in [1.807, 2.05) is 24.3 Å². The van der Waals surface area contributed by atoms with Crippen molar-refractivity contribution in [2.24, 2.45) is 0 Å². The Labute approximate surface area is 91.2 Å². The van der Waals surface area contributed by atoms with Gasteiger partial charge in [0.1, 0.15) is 6.54 Å². The van der Waals surface area contributed by atoms with Gasteiger partial charge in [-0.25, -0.2) is 4.98 Å². The highest BCUT2D eigenvalue weighted by Gasteiger charge is 2.05. The third-order valence-corrected chi connectivity index (χ3v) is 2.11. The van der Waals surface area contributed by atoms with Crippen molar-refractivity contribution in [1.82, 2.24) is 20.4 Å². The van der Waals surface area contributed by atoms with Gasteiger partial charge >= 0.3 is 0 Å². The lowest BCUT2D eigenvalue weighted by atomic mass is 10.3. The van der Waals surface area contributed by atoms with Crippen LogP contribution in [-0.2, 0) is 16.1 Å². The number of nitrogens with zero attached hydrogens (tertiary/aromatic N) is 2. The maximum Gasteiger partial charge on any atom is 0.258 e. The molecule has 0 atom stereocenters. The minimum absolute atomic E-state index is 0.112.